The van der Waals surface area contributed by atoms with Crippen LogP contribution in [0.2, 0.25) is 5.02 Å². The molecule has 0 fully saturated rings. The first-order chi connectivity index (χ1) is 7.76. The Morgan fingerprint density at radius 1 is 1.35 bits per heavy atom. The molecule has 17 heavy (non-hydrogen) atoms. The molecule has 1 aromatic carbocycles. The van der Waals surface area contributed by atoms with Crippen LogP contribution in [0.15, 0.2) is 23.8 Å². The van der Waals surface area contributed by atoms with Crippen LogP contribution in [0.5, 0.6) is 0 Å². The molecule has 3 heteroatoms. The lowest BCUT2D eigenvalue weighted by Gasteiger charge is -2.20. The van der Waals surface area contributed by atoms with Gasteiger partial charge in [0.15, 0.2) is 0 Å². The van der Waals surface area contributed by atoms with Crippen molar-refractivity contribution >= 4 is 17.7 Å². The maximum Gasteiger partial charge on any atom is 0.125 e. The average molecular weight is 256 g/mol. The Labute approximate surface area is 108 Å². The summed E-state index contributed by atoms with van der Waals surface area (Å²) in [7, 11) is 0. The maximum absolute atomic E-state index is 13.1. The van der Waals surface area contributed by atoms with Crippen LogP contribution < -0.4 is 5.32 Å². The molecule has 0 aliphatic heterocycles. The van der Waals surface area contributed by atoms with E-state index in [1.165, 1.54) is 12.1 Å². The first-order valence-electron chi connectivity index (χ1n) is 5.64. The van der Waals surface area contributed by atoms with Crippen LogP contribution in [0.4, 0.5) is 4.39 Å². The topological polar surface area (TPSA) is 12.0 Å². The van der Waals surface area contributed by atoms with Crippen molar-refractivity contribution in [2.75, 3.05) is 6.54 Å². The van der Waals surface area contributed by atoms with Gasteiger partial charge in [-0.05, 0) is 51.5 Å². The second kappa shape index (κ2) is 5.65. The summed E-state index contributed by atoms with van der Waals surface area (Å²) < 4.78 is 13.1. The molecule has 0 unspecified atom stereocenters. The van der Waals surface area contributed by atoms with Gasteiger partial charge in [0.2, 0.25) is 0 Å². The maximum atomic E-state index is 13.1. The number of hydrogen-bond donors (Lipinski definition) is 1. The van der Waals surface area contributed by atoms with Crippen LogP contribution in [-0.2, 0) is 0 Å². The van der Waals surface area contributed by atoms with Crippen LogP contribution >= 0.6 is 11.6 Å². The smallest absolute Gasteiger partial charge is 0.125 e. The summed E-state index contributed by atoms with van der Waals surface area (Å²) in [5.74, 6) is -0.305. The lowest BCUT2D eigenvalue weighted by Crippen LogP contribution is -2.36. The largest absolute Gasteiger partial charge is 0.308 e. The van der Waals surface area contributed by atoms with E-state index < -0.39 is 0 Å². The average Bonchev–Trinajstić information content (AvgIpc) is 2.11. The molecule has 0 aliphatic carbocycles. The van der Waals surface area contributed by atoms with E-state index in [1.54, 1.807) is 6.07 Å². The Hall–Kier alpha value is -0.860. The van der Waals surface area contributed by atoms with Crippen molar-refractivity contribution in [3.63, 3.8) is 0 Å². The Bertz CT molecular complexity index is 398. The highest BCUT2D eigenvalue weighted by Gasteiger charge is 2.07. The number of rotatable bonds is 3. The third-order valence-corrected chi connectivity index (χ3v) is 2.41. The van der Waals surface area contributed by atoms with E-state index in [1.807, 2.05) is 13.0 Å². The van der Waals surface area contributed by atoms with Gasteiger partial charge in [0.25, 0.3) is 0 Å². The summed E-state index contributed by atoms with van der Waals surface area (Å²) in [6.07, 6.45) is 1.94. The summed E-state index contributed by atoms with van der Waals surface area (Å²) >= 11 is 5.80. The SMILES string of the molecule is C/C(=C/c1cc(F)cc(Cl)c1)CNC(C)(C)C. The fourth-order valence-electron chi connectivity index (χ4n) is 1.40. The van der Waals surface area contributed by atoms with E-state index in [0.29, 0.717) is 5.02 Å². The molecule has 0 radical (unpaired) electrons. The molecule has 0 heterocycles. The molecule has 0 atom stereocenters. The Morgan fingerprint density at radius 3 is 2.53 bits per heavy atom. The lowest BCUT2D eigenvalue weighted by atomic mass is 10.1. The number of halogens is 2. The standard InChI is InChI=1S/C14H19ClFN/c1-10(9-17-14(2,3)4)5-11-6-12(15)8-13(16)7-11/h5-8,17H,9H2,1-4H3/b10-5-. The molecule has 1 nitrogen and oxygen atoms in total. The third kappa shape index (κ3) is 5.85. The molecule has 0 aliphatic rings. The molecule has 0 amide bonds. The fourth-order valence-corrected chi connectivity index (χ4v) is 1.63. The normalized spacial score (nSPS) is 12.9. The number of hydrogen-bond acceptors (Lipinski definition) is 1. The van der Waals surface area contributed by atoms with Crippen molar-refractivity contribution in [3.8, 4) is 0 Å². The van der Waals surface area contributed by atoms with Crippen molar-refractivity contribution in [2.24, 2.45) is 0 Å². The van der Waals surface area contributed by atoms with Crippen molar-refractivity contribution in [1.29, 1.82) is 0 Å². The first-order valence-corrected chi connectivity index (χ1v) is 6.02. The monoisotopic (exact) mass is 255 g/mol. The van der Waals surface area contributed by atoms with Gasteiger partial charge in [0, 0.05) is 17.1 Å². The predicted molar refractivity (Wildman–Crippen MR) is 72.8 cm³/mol. The number of benzene rings is 1. The minimum Gasteiger partial charge on any atom is -0.308 e. The van der Waals surface area contributed by atoms with Gasteiger partial charge in [0.05, 0.1) is 0 Å². The van der Waals surface area contributed by atoms with Gasteiger partial charge in [-0.1, -0.05) is 23.3 Å². The Kier molecular flexibility index (Phi) is 4.72. The zero-order valence-corrected chi connectivity index (χ0v) is 11.5. The molecule has 1 rings (SSSR count). The molecule has 1 N–H and O–H groups in total. The van der Waals surface area contributed by atoms with E-state index in [2.05, 4.69) is 26.1 Å². The molecule has 0 saturated heterocycles. The number of nitrogens with one attached hydrogen (secondary N) is 1. The van der Waals surface area contributed by atoms with E-state index >= 15 is 0 Å². The van der Waals surface area contributed by atoms with Crippen molar-refractivity contribution in [2.45, 2.75) is 33.2 Å². The summed E-state index contributed by atoms with van der Waals surface area (Å²) in [6, 6.07) is 4.54. The van der Waals surface area contributed by atoms with Crippen molar-refractivity contribution in [3.05, 3.63) is 40.2 Å². The Balaban J connectivity index is 2.74. The van der Waals surface area contributed by atoms with Gasteiger partial charge < -0.3 is 5.32 Å². The second-order valence-electron chi connectivity index (χ2n) is 5.30. The molecular weight excluding hydrogens is 237 g/mol. The lowest BCUT2D eigenvalue weighted by molar-refractivity contribution is 0.445. The van der Waals surface area contributed by atoms with Gasteiger partial charge in [-0.15, -0.1) is 0 Å². The second-order valence-corrected chi connectivity index (χ2v) is 5.73. The first kappa shape index (κ1) is 14.2. The summed E-state index contributed by atoms with van der Waals surface area (Å²) in [4.78, 5) is 0. The zero-order valence-electron chi connectivity index (χ0n) is 10.8. The van der Waals surface area contributed by atoms with E-state index in [4.69, 9.17) is 11.6 Å². The van der Waals surface area contributed by atoms with Gasteiger partial charge in [-0.25, -0.2) is 4.39 Å². The molecule has 0 aromatic heterocycles. The van der Waals surface area contributed by atoms with Crippen LogP contribution in [-0.4, -0.2) is 12.1 Å². The van der Waals surface area contributed by atoms with E-state index in [-0.39, 0.29) is 11.4 Å². The molecule has 1 aromatic rings. The van der Waals surface area contributed by atoms with Crippen LogP contribution in [0.3, 0.4) is 0 Å². The summed E-state index contributed by atoms with van der Waals surface area (Å²) in [6.45, 7) is 9.12. The highest BCUT2D eigenvalue weighted by atomic mass is 35.5. The van der Waals surface area contributed by atoms with Crippen molar-refractivity contribution in [1.82, 2.24) is 5.32 Å². The minimum absolute atomic E-state index is 0.0781. The van der Waals surface area contributed by atoms with Crippen molar-refractivity contribution < 1.29 is 4.39 Å². The zero-order chi connectivity index (χ0) is 13.1. The molecule has 0 saturated carbocycles. The Morgan fingerprint density at radius 2 is 2.00 bits per heavy atom. The van der Waals surface area contributed by atoms with Crippen LogP contribution in [0.25, 0.3) is 6.08 Å². The highest BCUT2D eigenvalue weighted by molar-refractivity contribution is 6.30. The van der Waals surface area contributed by atoms with E-state index in [9.17, 15) is 4.39 Å². The summed E-state index contributed by atoms with van der Waals surface area (Å²) in [5, 5.41) is 3.80. The predicted octanol–water partition coefficient (Wildman–Crippen LogP) is 4.27. The summed E-state index contributed by atoms with van der Waals surface area (Å²) in [5.41, 5.74) is 2.01. The van der Waals surface area contributed by atoms with E-state index in [0.717, 1.165) is 17.7 Å². The molecular formula is C14H19ClFN. The van der Waals surface area contributed by atoms with Gasteiger partial charge in [-0.3, -0.25) is 0 Å². The molecule has 0 spiro atoms. The molecule has 0 bridgehead atoms. The van der Waals surface area contributed by atoms with Crippen LogP contribution in [0, 0.1) is 5.82 Å². The fraction of sp³-hybridized carbons (Fsp3) is 0.429. The molecule has 94 valence electrons. The quantitative estimate of drug-likeness (QED) is 0.851. The highest BCUT2D eigenvalue weighted by Crippen LogP contribution is 2.16. The van der Waals surface area contributed by atoms with Crippen LogP contribution in [0.1, 0.15) is 33.3 Å². The third-order valence-electron chi connectivity index (χ3n) is 2.20. The van der Waals surface area contributed by atoms with Gasteiger partial charge in [-0.2, -0.15) is 0 Å². The minimum atomic E-state index is -0.305. The van der Waals surface area contributed by atoms with Gasteiger partial charge >= 0.3 is 0 Å². The van der Waals surface area contributed by atoms with Gasteiger partial charge in [0.1, 0.15) is 5.82 Å².